The van der Waals surface area contributed by atoms with Gasteiger partial charge >= 0.3 is 0 Å². The molecule has 1 saturated heterocycles. The summed E-state index contributed by atoms with van der Waals surface area (Å²) in [4.78, 5) is 41.7. The molecular weight excluding hydrogens is 493 g/mol. The van der Waals surface area contributed by atoms with Crippen LogP contribution in [0.5, 0.6) is 5.75 Å². The first-order valence-corrected chi connectivity index (χ1v) is 11.8. The van der Waals surface area contributed by atoms with Gasteiger partial charge in [0.05, 0.1) is 12.1 Å². The average molecular weight is 518 g/mol. The average Bonchev–Trinajstić information content (AvgIpc) is 3.38. The van der Waals surface area contributed by atoms with E-state index in [1.54, 1.807) is 47.4 Å². The van der Waals surface area contributed by atoms with Crippen LogP contribution in [-0.4, -0.2) is 75.6 Å². The monoisotopic (exact) mass is 517 g/mol. The van der Waals surface area contributed by atoms with Crippen molar-refractivity contribution in [2.75, 3.05) is 38.2 Å². The van der Waals surface area contributed by atoms with Crippen LogP contribution in [0.4, 0.5) is 5.82 Å². The number of imidazole rings is 1. The summed E-state index contributed by atoms with van der Waals surface area (Å²) in [6.45, 7) is 3.02. The minimum atomic E-state index is -0.675. The third-order valence-corrected chi connectivity index (χ3v) is 6.23. The fourth-order valence-electron chi connectivity index (χ4n) is 3.95. The third kappa shape index (κ3) is 5.83. The number of ether oxygens (including phenoxy) is 1. The van der Waals surface area contributed by atoms with Gasteiger partial charge in [0.1, 0.15) is 29.1 Å². The summed E-state index contributed by atoms with van der Waals surface area (Å²) < 4.78 is 6.82. The lowest BCUT2D eigenvalue weighted by atomic mass is 10.1. The molecule has 0 bridgehead atoms. The van der Waals surface area contributed by atoms with Crippen LogP contribution in [0, 0.1) is 0 Å². The maximum atomic E-state index is 13.1. The second-order valence-corrected chi connectivity index (χ2v) is 8.80. The van der Waals surface area contributed by atoms with E-state index in [9.17, 15) is 9.59 Å². The van der Waals surface area contributed by atoms with Gasteiger partial charge in [0.15, 0.2) is 0 Å². The number of anilines is 1. The van der Waals surface area contributed by atoms with Gasteiger partial charge in [-0.3, -0.25) is 14.2 Å². The van der Waals surface area contributed by atoms with E-state index < -0.39 is 6.04 Å². The van der Waals surface area contributed by atoms with E-state index in [-0.39, 0.29) is 23.5 Å². The van der Waals surface area contributed by atoms with E-state index in [2.05, 4.69) is 20.3 Å². The smallest absolute Gasteiger partial charge is 0.244 e. The highest BCUT2D eigenvalue weighted by molar-refractivity contribution is 6.32. The first-order valence-electron chi connectivity index (χ1n) is 11.0. The molecular formula is C23H25Cl2N7O3. The summed E-state index contributed by atoms with van der Waals surface area (Å²) in [6.07, 6.45) is 5.50. The predicted octanol–water partition coefficient (Wildman–Crippen LogP) is 2.37. The maximum absolute atomic E-state index is 13.1. The number of hydrogen-bond donors (Lipinski definition) is 1. The van der Waals surface area contributed by atoms with Crippen LogP contribution in [0.1, 0.15) is 12.5 Å². The first kappa shape index (κ1) is 24.7. The molecule has 1 fully saturated rings. The summed E-state index contributed by atoms with van der Waals surface area (Å²) in [6, 6.07) is 6.48. The SMILES string of the molecule is COc1ccc(CCNC(=O)C2CN(c3cc(Cl)nc(-n4ccnc4)n3)CCN2C(C)=O)cc1Cl. The molecule has 1 aromatic carbocycles. The topological polar surface area (TPSA) is 105 Å². The van der Waals surface area contributed by atoms with E-state index in [0.717, 1.165) is 5.56 Å². The molecule has 3 heterocycles. The maximum Gasteiger partial charge on any atom is 0.244 e. The fourth-order valence-corrected chi connectivity index (χ4v) is 4.41. The molecule has 3 aromatic rings. The van der Waals surface area contributed by atoms with Gasteiger partial charge in [-0.1, -0.05) is 29.3 Å². The molecule has 2 aromatic heterocycles. The minimum absolute atomic E-state index is 0.161. The number of rotatable bonds is 7. The number of nitrogens with one attached hydrogen (secondary N) is 1. The van der Waals surface area contributed by atoms with Crippen molar-refractivity contribution in [1.82, 2.24) is 29.7 Å². The molecule has 10 nitrogen and oxygen atoms in total. The number of methoxy groups -OCH3 is 1. The number of amides is 2. The Morgan fingerprint density at radius 2 is 2.03 bits per heavy atom. The van der Waals surface area contributed by atoms with Crippen molar-refractivity contribution < 1.29 is 14.3 Å². The molecule has 4 rings (SSSR count). The van der Waals surface area contributed by atoms with Gasteiger partial charge in [-0.15, -0.1) is 0 Å². The number of piperazine rings is 1. The lowest BCUT2D eigenvalue weighted by Gasteiger charge is -2.40. The number of carbonyl (C=O) groups excluding carboxylic acids is 2. The van der Waals surface area contributed by atoms with Crippen LogP contribution in [-0.2, 0) is 16.0 Å². The Balaban J connectivity index is 1.45. The second kappa shape index (κ2) is 10.9. The highest BCUT2D eigenvalue weighted by atomic mass is 35.5. The van der Waals surface area contributed by atoms with Gasteiger partial charge < -0.3 is 19.9 Å². The van der Waals surface area contributed by atoms with E-state index >= 15 is 0 Å². The Bertz CT molecular complexity index is 1210. The molecule has 0 saturated carbocycles. The molecule has 1 N–H and O–H groups in total. The first-order chi connectivity index (χ1) is 16.9. The number of halogens is 2. The molecule has 0 spiro atoms. The number of aromatic nitrogens is 4. The Hall–Kier alpha value is -3.37. The van der Waals surface area contributed by atoms with Crippen molar-refractivity contribution in [3.63, 3.8) is 0 Å². The molecule has 2 amide bonds. The van der Waals surface area contributed by atoms with Crippen molar-refractivity contribution >= 4 is 40.8 Å². The highest BCUT2D eigenvalue weighted by Crippen LogP contribution is 2.25. The third-order valence-electron chi connectivity index (χ3n) is 5.75. The van der Waals surface area contributed by atoms with Gasteiger partial charge in [-0.2, -0.15) is 4.98 Å². The molecule has 184 valence electrons. The Morgan fingerprint density at radius 1 is 1.20 bits per heavy atom. The number of hydrogen-bond acceptors (Lipinski definition) is 7. The van der Waals surface area contributed by atoms with Gasteiger partial charge in [-0.05, 0) is 24.1 Å². The molecule has 1 unspecified atom stereocenters. The van der Waals surface area contributed by atoms with Gasteiger partial charge in [0, 0.05) is 51.6 Å². The predicted molar refractivity (Wildman–Crippen MR) is 132 cm³/mol. The minimum Gasteiger partial charge on any atom is -0.495 e. The summed E-state index contributed by atoms with van der Waals surface area (Å²) in [5.41, 5.74) is 0.965. The van der Waals surface area contributed by atoms with Crippen LogP contribution in [0.2, 0.25) is 10.2 Å². The molecule has 1 atom stereocenters. The molecule has 1 aliphatic heterocycles. The zero-order chi connectivity index (χ0) is 24.9. The van der Waals surface area contributed by atoms with Crippen molar-refractivity contribution in [2.24, 2.45) is 0 Å². The number of carbonyl (C=O) groups is 2. The molecule has 1 aliphatic rings. The largest absolute Gasteiger partial charge is 0.495 e. The molecule has 35 heavy (non-hydrogen) atoms. The summed E-state index contributed by atoms with van der Waals surface area (Å²) in [5, 5.41) is 3.73. The normalized spacial score (nSPS) is 15.7. The lowest BCUT2D eigenvalue weighted by molar-refractivity contribution is -0.139. The van der Waals surface area contributed by atoms with E-state index in [0.29, 0.717) is 48.6 Å². The Kier molecular flexibility index (Phi) is 7.72. The zero-order valence-electron chi connectivity index (χ0n) is 19.3. The zero-order valence-corrected chi connectivity index (χ0v) is 20.8. The highest BCUT2D eigenvalue weighted by Gasteiger charge is 2.34. The quantitative estimate of drug-likeness (QED) is 0.479. The molecule has 0 radical (unpaired) electrons. The summed E-state index contributed by atoms with van der Waals surface area (Å²) >= 11 is 12.4. The van der Waals surface area contributed by atoms with Crippen LogP contribution in [0.3, 0.4) is 0 Å². The van der Waals surface area contributed by atoms with Crippen molar-refractivity contribution in [2.45, 2.75) is 19.4 Å². The van der Waals surface area contributed by atoms with Crippen LogP contribution in [0.15, 0.2) is 43.0 Å². The van der Waals surface area contributed by atoms with Crippen LogP contribution >= 0.6 is 23.2 Å². The van der Waals surface area contributed by atoms with Gasteiger partial charge in [-0.25, -0.2) is 9.97 Å². The van der Waals surface area contributed by atoms with E-state index in [4.69, 9.17) is 27.9 Å². The molecule has 0 aliphatic carbocycles. The van der Waals surface area contributed by atoms with Crippen LogP contribution < -0.4 is 15.0 Å². The second-order valence-electron chi connectivity index (χ2n) is 8.00. The Morgan fingerprint density at radius 3 is 2.71 bits per heavy atom. The van der Waals surface area contributed by atoms with E-state index in [1.165, 1.54) is 6.92 Å². The fraction of sp³-hybridized carbons (Fsp3) is 0.348. The van der Waals surface area contributed by atoms with Crippen molar-refractivity contribution in [3.05, 3.63) is 58.7 Å². The summed E-state index contributed by atoms with van der Waals surface area (Å²) in [7, 11) is 1.56. The summed E-state index contributed by atoms with van der Waals surface area (Å²) in [5.74, 6) is 1.15. The number of nitrogens with zero attached hydrogens (tertiary/aromatic N) is 6. The van der Waals surface area contributed by atoms with Gasteiger partial charge in [0.2, 0.25) is 17.8 Å². The Labute approximate surface area is 212 Å². The van der Waals surface area contributed by atoms with Crippen LogP contribution in [0.25, 0.3) is 5.95 Å². The van der Waals surface area contributed by atoms with Crippen molar-refractivity contribution in [1.29, 1.82) is 0 Å². The van der Waals surface area contributed by atoms with Crippen molar-refractivity contribution in [3.8, 4) is 11.7 Å². The van der Waals surface area contributed by atoms with E-state index in [1.807, 2.05) is 17.0 Å². The number of benzene rings is 1. The van der Waals surface area contributed by atoms with Gasteiger partial charge in [0.25, 0.3) is 0 Å². The lowest BCUT2D eigenvalue weighted by Crippen LogP contribution is -2.60. The standard InChI is InChI=1S/C23H25Cl2N7O3/c1-15(33)32-10-9-30(21-12-20(25)28-23(29-21)31-8-7-26-14-31)13-18(32)22(34)27-6-5-16-3-4-19(35-2)17(24)11-16/h3-4,7-8,11-12,14,18H,5-6,9-10,13H2,1-2H3,(H,27,34). The molecule has 12 heteroatoms.